The largest absolute Gasteiger partial charge is 0.497 e. The van der Waals surface area contributed by atoms with Gasteiger partial charge in [0.05, 0.1) is 48.3 Å². The van der Waals surface area contributed by atoms with Crippen LogP contribution in [-0.2, 0) is 0 Å². The number of hydrazine groups is 1. The molecule has 0 atom stereocenters. The van der Waals surface area contributed by atoms with Crippen molar-refractivity contribution < 1.29 is 19.1 Å². The molecule has 2 amide bonds. The van der Waals surface area contributed by atoms with Gasteiger partial charge in [-0.15, -0.1) is 0 Å². The fourth-order valence-corrected chi connectivity index (χ4v) is 5.20. The number of rotatable bonds is 9. The van der Waals surface area contributed by atoms with Gasteiger partial charge in [0.25, 0.3) is 11.8 Å². The van der Waals surface area contributed by atoms with E-state index in [-0.39, 0.29) is 18.4 Å². The molecule has 0 fully saturated rings. The van der Waals surface area contributed by atoms with Crippen LogP contribution in [0.3, 0.4) is 0 Å². The average Bonchev–Trinajstić information content (AvgIpc) is 3.55. The number of aromatic nitrogens is 2. The van der Waals surface area contributed by atoms with Crippen molar-refractivity contribution in [1.82, 2.24) is 25.3 Å². The van der Waals surface area contributed by atoms with Gasteiger partial charge in [0, 0.05) is 68.0 Å². The van der Waals surface area contributed by atoms with Crippen molar-refractivity contribution in [3.63, 3.8) is 0 Å². The summed E-state index contributed by atoms with van der Waals surface area (Å²) < 4.78 is 11.1. The van der Waals surface area contributed by atoms with E-state index in [1.807, 2.05) is 54.7 Å². The zero-order valence-electron chi connectivity index (χ0n) is 23.1. The van der Waals surface area contributed by atoms with Gasteiger partial charge in [-0.1, -0.05) is 12.1 Å². The third-order valence-electron chi connectivity index (χ3n) is 7.32. The summed E-state index contributed by atoms with van der Waals surface area (Å²) in [6, 6.07) is 18.6. The van der Waals surface area contributed by atoms with Crippen molar-refractivity contribution >= 4 is 39.8 Å². The third-order valence-corrected chi connectivity index (χ3v) is 7.32. The minimum atomic E-state index is -0.255. The number of fused-ring (bicyclic) bond motifs is 2. The van der Waals surface area contributed by atoms with Crippen molar-refractivity contribution in [1.29, 1.82) is 0 Å². The van der Waals surface area contributed by atoms with E-state index in [1.165, 1.54) is 4.90 Å². The fraction of sp³-hybridized carbons (Fsp3) is 0.226. The molecule has 10 heteroatoms. The van der Waals surface area contributed by atoms with Gasteiger partial charge >= 0.3 is 0 Å². The number of carbonyl (C=O) groups is 2. The highest BCUT2D eigenvalue weighted by Gasteiger charge is 2.34. The molecule has 1 aromatic heterocycles. The number of nitrogens with one attached hydrogen (secondary N) is 1. The normalized spacial score (nSPS) is 14.5. The highest BCUT2D eigenvalue weighted by Crippen LogP contribution is 2.34. The van der Waals surface area contributed by atoms with Crippen LogP contribution in [0, 0.1) is 0 Å². The van der Waals surface area contributed by atoms with Crippen LogP contribution in [-0.4, -0.2) is 72.6 Å². The maximum Gasteiger partial charge on any atom is 0.261 e. The standard InChI is InChI=1S/C31H30N6O4/c1-35-19-20(17-33-35)29-18-32-27-10-9-21(15-28(27)34-29)36(22-13-23(40-2)16-24(14-22)41-3)11-6-12-37-30(38)25-7-4-5-8-26(25)31(37)39/h4-5,7-10,13-16,18-19,33H,6,11-12,17H2,1-3H3. The summed E-state index contributed by atoms with van der Waals surface area (Å²) in [5.74, 6) is 0.792. The van der Waals surface area contributed by atoms with Crippen LogP contribution in [0.2, 0.25) is 0 Å². The molecule has 0 radical (unpaired) electrons. The molecule has 0 saturated heterocycles. The number of anilines is 2. The Hall–Kier alpha value is -4.96. The van der Waals surface area contributed by atoms with Crippen LogP contribution < -0.4 is 19.8 Å². The summed E-state index contributed by atoms with van der Waals surface area (Å²) >= 11 is 0. The van der Waals surface area contributed by atoms with Crippen LogP contribution in [0.5, 0.6) is 11.5 Å². The Morgan fingerprint density at radius 1 is 0.902 bits per heavy atom. The minimum absolute atomic E-state index is 0.255. The number of imide groups is 1. The number of benzene rings is 3. The van der Waals surface area contributed by atoms with E-state index >= 15 is 0 Å². The van der Waals surface area contributed by atoms with Crippen LogP contribution in [0.25, 0.3) is 16.6 Å². The average molecular weight is 551 g/mol. The van der Waals surface area contributed by atoms with E-state index < -0.39 is 0 Å². The molecule has 1 N–H and O–H groups in total. The monoisotopic (exact) mass is 550 g/mol. The van der Waals surface area contributed by atoms with Gasteiger partial charge in [-0.3, -0.25) is 19.5 Å². The van der Waals surface area contributed by atoms with E-state index in [4.69, 9.17) is 14.5 Å². The number of methoxy groups -OCH3 is 2. The SMILES string of the molecule is COc1cc(OC)cc(N(CCCN2C(=O)c3ccccc3C2=O)c2ccc3ncc(C4=CN(C)NC4)nc3c2)c1. The zero-order valence-corrected chi connectivity index (χ0v) is 23.1. The lowest BCUT2D eigenvalue weighted by atomic mass is 10.1. The summed E-state index contributed by atoms with van der Waals surface area (Å²) in [4.78, 5) is 38.8. The van der Waals surface area contributed by atoms with E-state index in [2.05, 4.69) is 15.3 Å². The first-order chi connectivity index (χ1) is 19.9. The molecule has 6 rings (SSSR count). The zero-order chi connectivity index (χ0) is 28.5. The molecule has 10 nitrogen and oxygen atoms in total. The number of hydrogen-bond acceptors (Lipinski definition) is 9. The van der Waals surface area contributed by atoms with Gasteiger partial charge in [0.2, 0.25) is 0 Å². The Labute approximate surface area is 237 Å². The van der Waals surface area contributed by atoms with Crippen molar-refractivity contribution in [3.05, 3.63) is 89.9 Å². The molecule has 0 saturated carbocycles. The summed E-state index contributed by atoms with van der Waals surface area (Å²) in [5, 5.41) is 1.91. The highest BCUT2D eigenvalue weighted by molar-refractivity contribution is 6.21. The van der Waals surface area contributed by atoms with Crippen LogP contribution in [0.1, 0.15) is 32.8 Å². The van der Waals surface area contributed by atoms with Crippen molar-refractivity contribution in [3.8, 4) is 11.5 Å². The maximum absolute atomic E-state index is 12.9. The molecule has 0 spiro atoms. The Balaban J connectivity index is 1.32. The summed E-state index contributed by atoms with van der Waals surface area (Å²) in [6.45, 7) is 1.49. The number of hydrogen-bond donors (Lipinski definition) is 1. The summed E-state index contributed by atoms with van der Waals surface area (Å²) in [6.07, 6.45) is 4.34. The molecule has 2 aliphatic heterocycles. The van der Waals surface area contributed by atoms with Crippen molar-refractivity contribution in [2.45, 2.75) is 6.42 Å². The Kier molecular flexibility index (Phi) is 6.98. The molecule has 0 unspecified atom stereocenters. The quantitative estimate of drug-likeness (QED) is 0.306. The third kappa shape index (κ3) is 5.05. The van der Waals surface area contributed by atoms with Gasteiger partial charge in [-0.25, -0.2) is 10.4 Å². The lowest BCUT2D eigenvalue weighted by Gasteiger charge is -2.27. The number of ether oxygens (including phenoxy) is 2. The number of nitrogens with zero attached hydrogens (tertiary/aromatic N) is 5. The van der Waals surface area contributed by atoms with Gasteiger partial charge < -0.3 is 19.4 Å². The molecule has 0 aliphatic carbocycles. The predicted octanol–water partition coefficient (Wildman–Crippen LogP) is 4.26. The topological polar surface area (TPSA) is 100 Å². The molecule has 2 aliphatic rings. The highest BCUT2D eigenvalue weighted by atomic mass is 16.5. The number of carbonyl (C=O) groups excluding carboxylic acids is 2. The lowest BCUT2D eigenvalue weighted by Crippen LogP contribution is -2.32. The van der Waals surface area contributed by atoms with Crippen molar-refractivity contribution in [2.75, 3.05) is 45.8 Å². The Morgan fingerprint density at radius 3 is 2.24 bits per heavy atom. The summed E-state index contributed by atoms with van der Waals surface area (Å²) in [5.41, 5.74) is 9.29. The van der Waals surface area contributed by atoms with Crippen LogP contribution in [0.15, 0.2) is 73.1 Å². The molecule has 3 heterocycles. The second kappa shape index (κ2) is 10.9. The second-order valence-electron chi connectivity index (χ2n) is 9.91. The molecule has 208 valence electrons. The lowest BCUT2D eigenvalue weighted by molar-refractivity contribution is 0.0653. The molecule has 4 aromatic rings. The Morgan fingerprint density at radius 2 is 1.61 bits per heavy atom. The maximum atomic E-state index is 12.9. The van der Waals surface area contributed by atoms with E-state index in [1.54, 1.807) is 44.7 Å². The van der Waals surface area contributed by atoms with Gasteiger partial charge in [-0.05, 0) is 36.8 Å². The van der Waals surface area contributed by atoms with Crippen LogP contribution in [0.4, 0.5) is 11.4 Å². The second-order valence-corrected chi connectivity index (χ2v) is 9.91. The molecular weight excluding hydrogens is 520 g/mol. The van der Waals surface area contributed by atoms with Crippen LogP contribution >= 0.6 is 0 Å². The molecule has 41 heavy (non-hydrogen) atoms. The predicted molar refractivity (Wildman–Crippen MR) is 156 cm³/mol. The summed E-state index contributed by atoms with van der Waals surface area (Å²) in [7, 11) is 5.17. The van der Waals surface area contributed by atoms with Gasteiger partial charge in [-0.2, -0.15) is 0 Å². The smallest absolute Gasteiger partial charge is 0.261 e. The molecular formula is C31H30N6O4. The number of amides is 2. The van der Waals surface area contributed by atoms with E-state index in [0.717, 1.165) is 33.7 Å². The molecule has 0 bridgehead atoms. The Bertz CT molecular complexity index is 1630. The van der Waals surface area contributed by atoms with E-state index in [9.17, 15) is 9.59 Å². The minimum Gasteiger partial charge on any atom is -0.497 e. The van der Waals surface area contributed by atoms with Crippen molar-refractivity contribution in [2.24, 2.45) is 0 Å². The van der Waals surface area contributed by atoms with Gasteiger partial charge in [0.1, 0.15) is 11.5 Å². The first-order valence-electron chi connectivity index (χ1n) is 13.3. The fourth-order valence-electron chi connectivity index (χ4n) is 5.20. The first kappa shape index (κ1) is 26.3. The van der Waals surface area contributed by atoms with Gasteiger partial charge in [0.15, 0.2) is 0 Å². The molecule has 3 aromatic carbocycles. The first-order valence-corrected chi connectivity index (χ1v) is 13.3. The van der Waals surface area contributed by atoms with E-state index in [0.29, 0.717) is 42.1 Å².